The maximum Gasteiger partial charge on any atom is 0.158 e. The first-order valence-corrected chi connectivity index (χ1v) is 10.3. The van der Waals surface area contributed by atoms with E-state index < -0.39 is 0 Å². The SMILES string of the molecule is Cc1cnn(-c2cc(N3CCC(n4cc(C5CCCC5)nn4)CC3)ncn2)c1. The average Bonchev–Trinajstić information content (AvgIpc) is 3.49. The van der Waals surface area contributed by atoms with Gasteiger partial charge in [0.05, 0.1) is 17.9 Å². The Bertz CT molecular complexity index is 931. The number of aromatic nitrogens is 7. The fraction of sp³-hybridized carbons (Fsp3) is 0.550. The second kappa shape index (κ2) is 7.33. The summed E-state index contributed by atoms with van der Waals surface area (Å²) in [5, 5.41) is 13.3. The maximum atomic E-state index is 4.49. The quantitative estimate of drug-likeness (QED) is 0.694. The van der Waals surface area contributed by atoms with Gasteiger partial charge >= 0.3 is 0 Å². The molecule has 0 spiro atoms. The predicted molar refractivity (Wildman–Crippen MR) is 106 cm³/mol. The van der Waals surface area contributed by atoms with Crippen LogP contribution in [0, 0.1) is 6.92 Å². The highest BCUT2D eigenvalue weighted by Crippen LogP contribution is 2.33. The van der Waals surface area contributed by atoms with Crippen LogP contribution >= 0.6 is 0 Å². The van der Waals surface area contributed by atoms with Gasteiger partial charge in [-0.1, -0.05) is 18.1 Å². The molecule has 28 heavy (non-hydrogen) atoms. The summed E-state index contributed by atoms with van der Waals surface area (Å²) >= 11 is 0. The van der Waals surface area contributed by atoms with Crippen LogP contribution in [0.4, 0.5) is 5.82 Å². The Balaban J connectivity index is 1.25. The van der Waals surface area contributed by atoms with Gasteiger partial charge in [0.1, 0.15) is 12.1 Å². The van der Waals surface area contributed by atoms with Gasteiger partial charge in [-0.2, -0.15) is 5.10 Å². The zero-order chi connectivity index (χ0) is 18.9. The minimum absolute atomic E-state index is 0.425. The zero-order valence-corrected chi connectivity index (χ0v) is 16.3. The fourth-order valence-electron chi connectivity index (χ4n) is 4.41. The van der Waals surface area contributed by atoms with E-state index in [9.17, 15) is 0 Å². The van der Waals surface area contributed by atoms with Crippen LogP contribution in [0.15, 0.2) is 31.0 Å². The van der Waals surface area contributed by atoms with Crippen LogP contribution in [0.3, 0.4) is 0 Å². The van der Waals surface area contributed by atoms with Crippen molar-refractivity contribution >= 4 is 5.82 Å². The Morgan fingerprint density at radius 1 is 0.964 bits per heavy atom. The lowest BCUT2D eigenvalue weighted by atomic mass is 10.0. The van der Waals surface area contributed by atoms with E-state index in [0.29, 0.717) is 12.0 Å². The lowest BCUT2D eigenvalue weighted by molar-refractivity contribution is 0.359. The minimum atomic E-state index is 0.425. The third-order valence-corrected chi connectivity index (χ3v) is 6.05. The molecule has 0 atom stereocenters. The summed E-state index contributed by atoms with van der Waals surface area (Å²) in [6, 6.07) is 2.44. The standard InChI is InChI=1S/C20H26N8/c1-15-11-23-28(12-15)20-10-19(21-14-22-20)26-8-6-17(7-9-26)27-13-18(24-25-27)16-4-2-3-5-16/h10-14,16-17H,2-9H2,1H3. The molecule has 0 N–H and O–H groups in total. The normalized spacial score (nSPS) is 18.8. The van der Waals surface area contributed by atoms with Gasteiger partial charge < -0.3 is 4.90 Å². The van der Waals surface area contributed by atoms with Crippen molar-refractivity contribution in [3.63, 3.8) is 0 Å². The number of hydrogen-bond donors (Lipinski definition) is 0. The van der Waals surface area contributed by atoms with Crippen molar-refractivity contribution in [2.45, 2.75) is 57.4 Å². The largest absolute Gasteiger partial charge is 0.356 e. The van der Waals surface area contributed by atoms with Gasteiger partial charge in [-0.25, -0.2) is 19.3 Å². The van der Waals surface area contributed by atoms with E-state index in [1.54, 1.807) is 11.0 Å². The third kappa shape index (κ3) is 3.39. The van der Waals surface area contributed by atoms with Crippen molar-refractivity contribution in [1.82, 2.24) is 34.7 Å². The Labute approximate surface area is 164 Å². The number of piperidine rings is 1. The zero-order valence-electron chi connectivity index (χ0n) is 16.3. The van der Waals surface area contributed by atoms with Gasteiger partial charge in [-0.15, -0.1) is 5.10 Å². The second-order valence-electron chi connectivity index (χ2n) is 8.02. The van der Waals surface area contributed by atoms with Gasteiger partial charge in [0.25, 0.3) is 0 Å². The van der Waals surface area contributed by atoms with Crippen molar-refractivity contribution in [2.75, 3.05) is 18.0 Å². The molecule has 2 aliphatic rings. The Morgan fingerprint density at radius 3 is 2.50 bits per heavy atom. The summed E-state index contributed by atoms with van der Waals surface area (Å²) in [4.78, 5) is 11.2. The summed E-state index contributed by atoms with van der Waals surface area (Å²) in [5.74, 6) is 2.39. The fourth-order valence-corrected chi connectivity index (χ4v) is 4.41. The smallest absolute Gasteiger partial charge is 0.158 e. The molecular formula is C20H26N8. The molecule has 0 unspecified atom stereocenters. The highest BCUT2D eigenvalue weighted by atomic mass is 15.4. The van der Waals surface area contributed by atoms with Gasteiger partial charge in [-0.05, 0) is 38.2 Å². The molecule has 3 aromatic rings. The van der Waals surface area contributed by atoms with Crippen molar-refractivity contribution in [1.29, 1.82) is 0 Å². The summed E-state index contributed by atoms with van der Waals surface area (Å²) in [6.45, 7) is 3.94. The first kappa shape index (κ1) is 17.3. The molecule has 4 heterocycles. The lowest BCUT2D eigenvalue weighted by Crippen LogP contribution is -2.35. The summed E-state index contributed by atoms with van der Waals surface area (Å²) < 4.78 is 3.90. The molecule has 3 aromatic heterocycles. The van der Waals surface area contributed by atoms with E-state index in [-0.39, 0.29) is 0 Å². The van der Waals surface area contributed by atoms with Crippen molar-refractivity contribution < 1.29 is 0 Å². The van der Waals surface area contributed by atoms with Crippen LogP contribution in [0.2, 0.25) is 0 Å². The van der Waals surface area contributed by atoms with E-state index in [1.807, 2.05) is 25.4 Å². The van der Waals surface area contributed by atoms with Crippen LogP contribution in [-0.2, 0) is 0 Å². The highest BCUT2D eigenvalue weighted by Gasteiger charge is 2.25. The molecule has 8 nitrogen and oxygen atoms in total. The number of aryl methyl sites for hydroxylation is 1. The van der Waals surface area contributed by atoms with Crippen LogP contribution < -0.4 is 4.90 Å². The number of hydrogen-bond acceptors (Lipinski definition) is 6. The van der Waals surface area contributed by atoms with Crippen LogP contribution in [0.5, 0.6) is 0 Å². The first-order valence-electron chi connectivity index (χ1n) is 10.3. The van der Waals surface area contributed by atoms with Gasteiger partial charge in [0.15, 0.2) is 5.82 Å². The summed E-state index contributed by atoms with van der Waals surface area (Å²) in [7, 11) is 0. The van der Waals surface area contributed by atoms with E-state index >= 15 is 0 Å². The molecule has 1 aliphatic heterocycles. The minimum Gasteiger partial charge on any atom is -0.356 e. The highest BCUT2D eigenvalue weighted by molar-refractivity contribution is 5.43. The van der Waals surface area contributed by atoms with Crippen LogP contribution in [-0.4, -0.2) is 47.8 Å². The number of nitrogens with zero attached hydrogens (tertiary/aromatic N) is 8. The van der Waals surface area contributed by atoms with Gasteiger partial charge in [0, 0.05) is 37.5 Å². The van der Waals surface area contributed by atoms with Crippen LogP contribution in [0.1, 0.15) is 61.7 Å². The Hall–Kier alpha value is -2.77. The van der Waals surface area contributed by atoms with E-state index in [1.165, 1.54) is 31.4 Å². The first-order chi connectivity index (χ1) is 13.8. The number of rotatable bonds is 4. The maximum absolute atomic E-state index is 4.49. The second-order valence-corrected chi connectivity index (χ2v) is 8.02. The molecule has 146 valence electrons. The van der Waals surface area contributed by atoms with E-state index in [0.717, 1.165) is 43.1 Å². The molecule has 0 aromatic carbocycles. The monoisotopic (exact) mass is 378 g/mol. The van der Waals surface area contributed by atoms with Crippen molar-refractivity contribution in [3.8, 4) is 5.82 Å². The number of anilines is 1. The third-order valence-electron chi connectivity index (χ3n) is 6.05. The summed E-state index contributed by atoms with van der Waals surface area (Å²) in [6.07, 6.45) is 14.9. The predicted octanol–water partition coefficient (Wildman–Crippen LogP) is 3.06. The molecule has 1 aliphatic carbocycles. The van der Waals surface area contributed by atoms with E-state index in [2.05, 4.69) is 41.2 Å². The van der Waals surface area contributed by atoms with Gasteiger partial charge in [-0.3, -0.25) is 0 Å². The molecule has 1 saturated carbocycles. The van der Waals surface area contributed by atoms with Crippen molar-refractivity contribution in [3.05, 3.63) is 42.2 Å². The van der Waals surface area contributed by atoms with E-state index in [4.69, 9.17) is 0 Å². The molecule has 0 radical (unpaired) electrons. The molecule has 5 rings (SSSR count). The molecule has 1 saturated heterocycles. The van der Waals surface area contributed by atoms with Crippen molar-refractivity contribution in [2.24, 2.45) is 0 Å². The van der Waals surface area contributed by atoms with Gasteiger partial charge in [0.2, 0.25) is 0 Å². The Morgan fingerprint density at radius 2 is 1.75 bits per heavy atom. The topological polar surface area (TPSA) is 77.5 Å². The Kier molecular flexibility index (Phi) is 4.54. The average molecular weight is 378 g/mol. The molecular weight excluding hydrogens is 352 g/mol. The molecule has 8 heteroatoms. The lowest BCUT2D eigenvalue weighted by Gasteiger charge is -2.32. The molecule has 0 bridgehead atoms. The molecule has 2 fully saturated rings. The van der Waals surface area contributed by atoms with Crippen LogP contribution in [0.25, 0.3) is 5.82 Å². The molecule has 0 amide bonds. The summed E-state index contributed by atoms with van der Waals surface area (Å²) in [5.41, 5.74) is 2.31.